The maximum absolute atomic E-state index is 11.8. The smallest absolute Gasteiger partial charge is 0.317 e. The van der Waals surface area contributed by atoms with Crippen molar-refractivity contribution in [2.24, 2.45) is 5.41 Å². The summed E-state index contributed by atoms with van der Waals surface area (Å²) >= 11 is 0. The lowest BCUT2D eigenvalue weighted by Crippen LogP contribution is -2.47. The maximum atomic E-state index is 11.8. The van der Waals surface area contributed by atoms with E-state index in [1.165, 1.54) is 12.8 Å². The van der Waals surface area contributed by atoms with E-state index in [0.29, 0.717) is 11.5 Å². The first-order valence-electron chi connectivity index (χ1n) is 6.35. The van der Waals surface area contributed by atoms with E-state index < -0.39 is 0 Å². The van der Waals surface area contributed by atoms with Crippen molar-refractivity contribution in [3.05, 3.63) is 0 Å². The molecule has 0 bridgehead atoms. The fraction of sp³-hybridized carbons (Fsp3) is 0.923. The van der Waals surface area contributed by atoms with Crippen molar-refractivity contribution in [3.63, 3.8) is 0 Å². The van der Waals surface area contributed by atoms with Crippen LogP contribution < -0.4 is 5.32 Å². The van der Waals surface area contributed by atoms with Gasteiger partial charge >= 0.3 is 6.03 Å². The van der Waals surface area contributed by atoms with E-state index in [1.807, 2.05) is 25.8 Å². The van der Waals surface area contributed by atoms with E-state index in [-0.39, 0.29) is 12.1 Å². The van der Waals surface area contributed by atoms with E-state index in [4.69, 9.17) is 0 Å². The summed E-state index contributed by atoms with van der Waals surface area (Å²) < 4.78 is 0. The molecule has 0 aromatic carbocycles. The Bertz CT molecular complexity index is 238. The zero-order chi connectivity index (χ0) is 12.3. The van der Waals surface area contributed by atoms with Gasteiger partial charge < -0.3 is 10.2 Å². The third-order valence-electron chi connectivity index (χ3n) is 3.59. The zero-order valence-corrected chi connectivity index (χ0v) is 11.3. The average molecular weight is 226 g/mol. The van der Waals surface area contributed by atoms with E-state index in [1.54, 1.807) is 0 Å². The number of rotatable bonds is 2. The molecule has 1 saturated carbocycles. The Balaban J connectivity index is 2.44. The molecule has 3 heteroatoms. The van der Waals surface area contributed by atoms with Gasteiger partial charge in [-0.2, -0.15) is 0 Å². The van der Waals surface area contributed by atoms with Crippen LogP contribution >= 0.6 is 0 Å². The van der Waals surface area contributed by atoms with Gasteiger partial charge in [0.25, 0.3) is 0 Å². The van der Waals surface area contributed by atoms with Gasteiger partial charge in [-0.1, -0.05) is 13.8 Å². The van der Waals surface area contributed by atoms with Crippen LogP contribution in [0.2, 0.25) is 0 Å². The molecule has 0 heterocycles. The summed E-state index contributed by atoms with van der Waals surface area (Å²) in [6.07, 6.45) is 4.71. The fourth-order valence-corrected chi connectivity index (χ4v) is 2.29. The summed E-state index contributed by atoms with van der Waals surface area (Å²) in [6, 6.07) is 0.710. The molecule has 3 nitrogen and oxygen atoms in total. The van der Waals surface area contributed by atoms with Crippen LogP contribution in [0.1, 0.15) is 53.4 Å². The van der Waals surface area contributed by atoms with Gasteiger partial charge in [-0.3, -0.25) is 0 Å². The third kappa shape index (κ3) is 3.69. The largest absolute Gasteiger partial charge is 0.336 e. The molecular formula is C13H26N2O. The molecule has 16 heavy (non-hydrogen) atoms. The first kappa shape index (κ1) is 13.3. The second kappa shape index (κ2) is 5.07. The summed E-state index contributed by atoms with van der Waals surface area (Å²) in [7, 11) is 1.92. The second-order valence-electron chi connectivity index (χ2n) is 6.11. The number of nitrogens with one attached hydrogen (secondary N) is 1. The van der Waals surface area contributed by atoms with Crippen LogP contribution in [0.25, 0.3) is 0 Å². The predicted molar refractivity (Wildman–Crippen MR) is 67.5 cm³/mol. The molecule has 0 aromatic rings. The lowest BCUT2D eigenvalue weighted by atomic mass is 9.75. The van der Waals surface area contributed by atoms with Gasteiger partial charge in [-0.15, -0.1) is 0 Å². The fourth-order valence-electron chi connectivity index (χ4n) is 2.29. The molecule has 1 aliphatic carbocycles. The number of carbonyl (C=O) groups is 1. The Hall–Kier alpha value is -0.730. The lowest BCUT2D eigenvalue weighted by Gasteiger charge is -2.38. The summed E-state index contributed by atoms with van der Waals surface area (Å²) in [5.74, 6) is 0. The zero-order valence-electron chi connectivity index (χ0n) is 11.3. The Morgan fingerprint density at radius 2 is 1.81 bits per heavy atom. The summed E-state index contributed by atoms with van der Waals surface area (Å²) in [6.45, 7) is 8.63. The van der Waals surface area contributed by atoms with Crippen LogP contribution in [-0.4, -0.2) is 30.1 Å². The van der Waals surface area contributed by atoms with Gasteiger partial charge in [0.1, 0.15) is 0 Å². The Kier molecular flexibility index (Phi) is 4.22. The number of hydrogen-bond acceptors (Lipinski definition) is 1. The maximum Gasteiger partial charge on any atom is 0.317 e. The summed E-state index contributed by atoms with van der Waals surface area (Å²) in [5.41, 5.74) is 0.464. The Morgan fingerprint density at radius 1 is 1.31 bits per heavy atom. The predicted octanol–water partition coefficient (Wildman–Crippen LogP) is 3.01. The molecule has 94 valence electrons. The number of amides is 2. The van der Waals surface area contributed by atoms with Crippen molar-refractivity contribution in [2.75, 3.05) is 7.05 Å². The molecule has 1 aliphatic rings. The highest BCUT2D eigenvalue weighted by Crippen LogP contribution is 2.36. The van der Waals surface area contributed by atoms with E-state index in [9.17, 15) is 4.79 Å². The monoisotopic (exact) mass is 226 g/mol. The molecule has 0 saturated heterocycles. The first-order chi connectivity index (χ1) is 7.32. The molecule has 0 radical (unpaired) electrons. The van der Waals surface area contributed by atoms with Crippen LogP contribution in [0, 0.1) is 5.41 Å². The van der Waals surface area contributed by atoms with Crippen molar-refractivity contribution >= 4 is 6.03 Å². The normalized spacial score (nSPS) is 20.9. The van der Waals surface area contributed by atoms with Gasteiger partial charge in [-0.25, -0.2) is 4.79 Å². The molecule has 1 N–H and O–H groups in total. The molecule has 0 unspecified atom stereocenters. The van der Waals surface area contributed by atoms with Crippen LogP contribution in [-0.2, 0) is 0 Å². The lowest BCUT2D eigenvalue weighted by molar-refractivity contribution is 0.134. The topological polar surface area (TPSA) is 32.3 Å². The van der Waals surface area contributed by atoms with Gasteiger partial charge in [0.05, 0.1) is 0 Å². The highest BCUT2D eigenvalue weighted by molar-refractivity contribution is 5.74. The van der Waals surface area contributed by atoms with Gasteiger partial charge in [0.15, 0.2) is 0 Å². The summed E-state index contributed by atoms with van der Waals surface area (Å²) in [4.78, 5) is 13.7. The molecular weight excluding hydrogens is 200 g/mol. The van der Waals surface area contributed by atoms with Gasteiger partial charge in [-0.05, 0) is 44.9 Å². The van der Waals surface area contributed by atoms with E-state index in [2.05, 4.69) is 19.2 Å². The minimum Gasteiger partial charge on any atom is -0.336 e. The standard InChI is InChI=1S/C13H26N2O/c1-10(2)14-12(16)15(5)11-6-8-13(3,4)9-7-11/h10-11H,6-9H2,1-5H3,(H,14,16). The molecule has 0 atom stereocenters. The van der Waals surface area contributed by atoms with E-state index in [0.717, 1.165) is 12.8 Å². The van der Waals surface area contributed by atoms with Crippen molar-refractivity contribution in [1.29, 1.82) is 0 Å². The minimum absolute atomic E-state index is 0.0692. The Morgan fingerprint density at radius 3 is 2.25 bits per heavy atom. The number of carbonyl (C=O) groups excluding carboxylic acids is 1. The average Bonchev–Trinajstić information content (AvgIpc) is 2.15. The minimum atomic E-state index is 0.0692. The van der Waals surface area contributed by atoms with Crippen molar-refractivity contribution < 1.29 is 4.79 Å². The van der Waals surface area contributed by atoms with Crippen LogP contribution in [0.4, 0.5) is 4.79 Å². The van der Waals surface area contributed by atoms with Crippen LogP contribution in [0.5, 0.6) is 0 Å². The molecule has 1 rings (SSSR count). The number of hydrogen-bond donors (Lipinski definition) is 1. The van der Waals surface area contributed by atoms with Crippen molar-refractivity contribution in [1.82, 2.24) is 10.2 Å². The quantitative estimate of drug-likeness (QED) is 0.771. The van der Waals surface area contributed by atoms with Crippen LogP contribution in [0.15, 0.2) is 0 Å². The third-order valence-corrected chi connectivity index (χ3v) is 3.59. The molecule has 0 aliphatic heterocycles. The van der Waals surface area contributed by atoms with Crippen molar-refractivity contribution in [2.45, 2.75) is 65.5 Å². The van der Waals surface area contributed by atoms with E-state index >= 15 is 0 Å². The molecule has 0 aromatic heterocycles. The second-order valence-corrected chi connectivity index (χ2v) is 6.11. The summed E-state index contributed by atoms with van der Waals surface area (Å²) in [5, 5.41) is 2.95. The highest BCUT2D eigenvalue weighted by Gasteiger charge is 2.30. The van der Waals surface area contributed by atoms with Gasteiger partial charge in [0.2, 0.25) is 0 Å². The molecule has 0 spiro atoms. The van der Waals surface area contributed by atoms with Crippen LogP contribution in [0.3, 0.4) is 0 Å². The van der Waals surface area contributed by atoms with Crippen molar-refractivity contribution in [3.8, 4) is 0 Å². The highest BCUT2D eigenvalue weighted by atomic mass is 16.2. The molecule has 1 fully saturated rings. The SMILES string of the molecule is CC(C)NC(=O)N(C)C1CCC(C)(C)CC1. The van der Waals surface area contributed by atoms with Gasteiger partial charge in [0, 0.05) is 19.1 Å². The number of nitrogens with zero attached hydrogens (tertiary/aromatic N) is 1. The number of urea groups is 1. The molecule has 2 amide bonds. The first-order valence-corrected chi connectivity index (χ1v) is 6.35. The Labute approximate surface area is 99.6 Å².